The number of pyridine rings is 1. The van der Waals surface area contributed by atoms with Crippen LogP contribution >= 0.6 is 0 Å². The first kappa shape index (κ1) is 10.6. The van der Waals surface area contributed by atoms with Gasteiger partial charge < -0.3 is 10.1 Å². The summed E-state index contributed by atoms with van der Waals surface area (Å²) < 4.78 is 5.28. The summed E-state index contributed by atoms with van der Waals surface area (Å²) >= 11 is 0. The maximum absolute atomic E-state index is 5.28. The molecule has 76 valence electrons. The lowest BCUT2D eigenvalue weighted by molar-refractivity contribution is 0.327. The molecule has 0 fully saturated rings. The van der Waals surface area contributed by atoms with Crippen LogP contribution in [0.3, 0.4) is 0 Å². The van der Waals surface area contributed by atoms with Crippen molar-refractivity contribution in [2.45, 2.75) is 13.3 Å². The number of hydrogen-bond acceptors (Lipinski definition) is 3. The second-order valence-corrected chi connectivity index (χ2v) is 2.80. The van der Waals surface area contributed by atoms with Gasteiger partial charge in [-0.1, -0.05) is 12.1 Å². The molecule has 0 aliphatic rings. The van der Waals surface area contributed by atoms with E-state index in [0.717, 1.165) is 18.8 Å². The average molecular weight is 192 g/mol. The van der Waals surface area contributed by atoms with E-state index in [1.54, 1.807) is 0 Å². The highest BCUT2D eigenvalue weighted by atomic mass is 16.5. The number of nitrogens with one attached hydrogen (secondary N) is 1. The smallest absolute Gasteiger partial charge is 0.215 e. The molecule has 1 N–H and O–H groups in total. The van der Waals surface area contributed by atoms with Crippen LogP contribution in [0.25, 0.3) is 0 Å². The van der Waals surface area contributed by atoms with Gasteiger partial charge in [0.25, 0.3) is 0 Å². The van der Waals surface area contributed by atoms with Crippen LogP contribution in [0.15, 0.2) is 30.9 Å². The van der Waals surface area contributed by atoms with E-state index in [1.807, 2.05) is 31.2 Å². The predicted molar refractivity (Wildman–Crippen MR) is 58.7 cm³/mol. The van der Waals surface area contributed by atoms with Crippen LogP contribution in [0.1, 0.15) is 13.3 Å². The van der Waals surface area contributed by atoms with Gasteiger partial charge in [-0.2, -0.15) is 4.98 Å². The van der Waals surface area contributed by atoms with Crippen molar-refractivity contribution in [3.63, 3.8) is 0 Å². The molecule has 0 aromatic carbocycles. The number of rotatable bonds is 6. The van der Waals surface area contributed by atoms with Gasteiger partial charge >= 0.3 is 0 Å². The Kier molecular flexibility index (Phi) is 4.55. The van der Waals surface area contributed by atoms with Crippen LogP contribution in [0.2, 0.25) is 0 Å². The fourth-order valence-corrected chi connectivity index (χ4v) is 1.04. The normalized spacial score (nSPS) is 9.50. The quantitative estimate of drug-likeness (QED) is 0.555. The zero-order valence-corrected chi connectivity index (χ0v) is 8.49. The summed E-state index contributed by atoms with van der Waals surface area (Å²) in [5.74, 6) is 1.51. The lowest BCUT2D eigenvalue weighted by Crippen LogP contribution is -2.03. The van der Waals surface area contributed by atoms with Crippen molar-refractivity contribution in [2.24, 2.45) is 0 Å². The summed E-state index contributed by atoms with van der Waals surface area (Å²) in [6.45, 7) is 7.09. The van der Waals surface area contributed by atoms with Crippen LogP contribution in [0.4, 0.5) is 5.82 Å². The molecule has 1 rings (SSSR count). The molecule has 14 heavy (non-hydrogen) atoms. The summed E-state index contributed by atoms with van der Waals surface area (Å²) in [4.78, 5) is 4.27. The molecule has 0 atom stereocenters. The molecule has 0 saturated carbocycles. The van der Waals surface area contributed by atoms with Gasteiger partial charge in [0.2, 0.25) is 5.88 Å². The summed E-state index contributed by atoms with van der Waals surface area (Å²) in [6.07, 6.45) is 2.81. The van der Waals surface area contributed by atoms with E-state index in [1.165, 1.54) is 0 Å². The fraction of sp³-hybridized carbons (Fsp3) is 0.364. The van der Waals surface area contributed by atoms with Gasteiger partial charge in [0, 0.05) is 12.6 Å². The van der Waals surface area contributed by atoms with E-state index in [-0.39, 0.29) is 0 Å². The predicted octanol–water partition coefficient (Wildman–Crippen LogP) is 2.47. The van der Waals surface area contributed by atoms with Crippen LogP contribution in [0.5, 0.6) is 5.88 Å². The SMILES string of the molecule is C=CCCNc1cccc(OCC)n1. The minimum absolute atomic E-state index is 0.642. The van der Waals surface area contributed by atoms with Gasteiger partial charge in [0.15, 0.2) is 0 Å². The molecule has 0 saturated heterocycles. The maximum atomic E-state index is 5.28. The first-order valence-corrected chi connectivity index (χ1v) is 4.81. The fourth-order valence-electron chi connectivity index (χ4n) is 1.04. The topological polar surface area (TPSA) is 34.1 Å². The van der Waals surface area contributed by atoms with Crippen LogP contribution in [-0.4, -0.2) is 18.1 Å². The number of hydrogen-bond donors (Lipinski definition) is 1. The molecule has 1 heterocycles. The minimum Gasteiger partial charge on any atom is -0.478 e. The molecule has 0 bridgehead atoms. The van der Waals surface area contributed by atoms with E-state index >= 15 is 0 Å². The Morgan fingerprint density at radius 2 is 2.43 bits per heavy atom. The number of aromatic nitrogens is 1. The monoisotopic (exact) mass is 192 g/mol. The molecule has 1 aromatic heterocycles. The molecular formula is C11H16N2O. The minimum atomic E-state index is 0.642. The molecule has 0 aliphatic carbocycles. The second-order valence-electron chi connectivity index (χ2n) is 2.80. The molecule has 3 heteroatoms. The summed E-state index contributed by atoms with van der Waals surface area (Å²) in [5.41, 5.74) is 0. The third-order valence-corrected chi connectivity index (χ3v) is 1.67. The largest absolute Gasteiger partial charge is 0.478 e. The third kappa shape index (κ3) is 3.47. The summed E-state index contributed by atoms with van der Waals surface area (Å²) in [7, 11) is 0. The Hall–Kier alpha value is -1.51. The molecule has 0 radical (unpaired) electrons. The van der Waals surface area contributed by atoms with Crippen molar-refractivity contribution < 1.29 is 4.74 Å². The van der Waals surface area contributed by atoms with E-state index in [2.05, 4.69) is 16.9 Å². The molecule has 0 unspecified atom stereocenters. The Labute approximate surface area is 84.8 Å². The van der Waals surface area contributed by atoms with Crippen LogP contribution < -0.4 is 10.1 Å². The van der Waals surface area contributed by atoms with Gasteiger partial charge in [-0.3, -0.25) is 0 Å². The zero-order chi connectivity index (χ0) is 10.2. The van der Waals surface area contributed by atoms with Gasteiger partial charge in [0.05, 0.1) is 6.61 Å². The van der Waals surface area contributed by atoms with Crippen LogP contribution in [-0.2, 0) is 0 Å². The molecule has 0 spiro atoms. The van der Waals surface area contributed by atoms with Crippen LogP contribution in [0, 0.1) is 0 Å². The lowest BCUT2D eigenvalue weighted by atomic mass is 10.4. The van der Waals surface area contributed by atoms with Crippen molar-refractivity contribution in [3.8, 4) is 5.88 Å². The van der Waals surface area contributed by atoms with E-state index < -0.39 is 0 Å². The Bertz CT molecular complexity index is 286. The lowest BCUT2D eigenvalue weighted by Gasteiger charge is -2.06. The average Bonchev–Trinajstić information content (AvgIpc) is 2.19. The highest BCUT2D eigenvalue weighted by molar-refractivity contribution is 5.36. The zero-order valence-electron chi connectivity index (χ0n) is 8.49. The highest BCUT2D eigenvalue weighted by Crippen LogP contribution is 2.10. The van der Waals surface area contributed by atoms with Crippen molar-refractivity contribution in [1.29, 1.82) is 0 Å². The number of anilines is 1. The number of nitrogens with zero attached hydrogens (tertiary/aromatic N) is 1. The first-order chi connectivity index (χ1) is 6.86. The second kappa shape index (κ2) is 6.02. The van der Waals surface area contributed by atoms with E-state index in [4.69, 9.17) is 4.74 Å². The van der Waals surface area contributed by atoms with Crippen molar-refractivity contribution in [2.75, 3.05) is 18.5 Å². The molecule has 0 amide bonds. The van der Waals surface area contributed by atoms with Gasteiger partial charge in [0.1, 0.15) is 5.82 Å². The van der Waals surface area contributed by atoms with E-state index in [9.17, 15) is 0 Å². The van der Waals surface area contributed by atoms with Crippen molar-refractivity contribution in [3.05, 3.63) is 30.9 Å². The standard InChI is InChI=1S/C11H16N2O/c1-3-5-9-12-10-7-6-8-11(13-10)14-4-2/h3,6-8H,1,4-5,9H2,2H3,(H,12,13). The maximum Gasteiger partial charge on any atom is 0.215 e. The summed E-state index contributed by atoms with van der Waals surface area (Å²) in [6, 6.07) is 5.70. The van der Waals surface area contributed by atoms with Gasteiger partial charge in [-0.25, -0.2) is 0 Å². The van der Waals surface area contributed by atoms with Crippen molar-refractivity contribution >= 4 is 5.82 Å². The highest BCUT2D eigenvalue weighted by Gasteiger charge is 1.95. The Morgan fingerprint density at radius 1 is 1.57 bits per heavy atom. The first-order valence-electron chi connectivity index (χ1n) is 4.81. The van der Waals surface area contributed by atoms with Gasteiger partial charge in [-0.05, 0) is 19.4 Å². The molecule has 3 nitrogen and oxygen atoms in total. The number of ether oxygens (including phenoxy) is 1. The Balaban J connectivity index is 2.50. The third-order valence-electron chi connectivity index (χ3n) is 1.67. The van der Waals surface area contributed by atoms with Crippen molar-refractivity contribution in [1.82, 2.24) is 4.98 Å². The van der Waals surface area contributed by atoms with Gasteiger partial charge in [-0.15, -0.1) is 6.58 Å². The molecule has 1 aromatic rings. The Morgan fingerprint density at radius 3 is 3.14 bits per heavy atom. The molecule has 0 aliphatic heterocycles. The summed E-state index contributed by atoms with van der Waals surface area (Å²) in [5, 5.41) is 3.18. The van der Waals surface area contributed by atoms with E-state index in [0.29, 0.717) is 12.5 Å². The molecular weight excluding hydrogens is 176 g/mol.